The molecule has 92 valence electrons. The van der Waals surface area contributed by atoms with Gasteiger partial charge >= 0.3 is 0 Å². The van der Waals surface area contributed by atoms with E-state index in [0.29, 0.717) is 6.04 Å². The van der Waals surface area contributed by atoms with Crippen molar-refractivity contribution in [2.24, 2.45) is 0 Å². The molecule has 0 amide bonds. The van der Waals surface area contributed by atoms with Crippen molar-refractivity contribution in [3.8, 4) is 0 Å². The molecule has 1 aromatic carbocycles. The highest BCUT2D eigenvalue weighted by Crippen LogP contribution is 2.24. The van der Waals surface area contributed by atoms with Crippen LogP contribution in [0.4, 0.5) is 0 Å². The summed E-state index contributed by atoms with van der Waals surface area (Å²) in [5.74, 6) is 0. The lowest BCUT2D eigenvalue weighted by atomic mass is 10.0. The standard InChI is InChI=1S/C11H15N.2C2H6/c1-9-5-2-3-6-10(9)11-7-4-8-12-11;2*1-2/h2-3,5-6,11-12H,4,7-8H2,1H3;2*1-2H3. The Labute approximate surface area is 101 Å². The van der Waals surface area contributed by atoms with Crippen LogP contribution >= 0.6 is 0 Å². The van der Waals surface area contributed by atoms with Crippen LogP contribution in [-0.4, -0.2) is 6.54 Å². The van der Waals surface area contributed by atoms with Crippen LogP contribution in [0, 0.1) is 6.92 Å². The van der Waals surface area contributed by atoms with Gasteiger partial charge < -0.3 is 5.32 Å². The van der Waals surface area contributed by atoms with Crippen LogP contribution in [0.5, 0.6) is 0 Å². The summed E-state index contributed by atoms with van der Waals surface area (Å²) in [5.41, 5.74) is 2.90. The van der Waals surface area contributed by atoms with Gasteiger partial charge in [0.1, 0.15) is 0 Å². The Morgan fingerprint density at radius 2 is 1.69 bits per heavy atom. The fourth-order valence-corrected chi connectivity index (χ4v) is 1.93. The van der Waals surface area contributed by atoms with Crippen molar-refractivity contribution in [3.05, 3.63) is 35.4 Å². The Morgan fingerprint density at radius 1 is 1.06 bits per heavy atom. The highest BCUT2D eigenvalue weighted by atomic mass is 14.9. The molecule has 1 aromatic rings. The van der Waals surface area contributed by atoms with E-state index in [0.717, 1.165) is 0 Å². The molecule has 0 aliphatic carbocycles. The maximum absolute atomic E-state index is 3.51. The van der Waals surface area contributed by atoms with Crippen molar-refractivity contribution in [2.45, 2.75) is 53.5 Å². The van der Waals surface area contributed by atoms with Gasteiger partial charge in [-0.1, -0.05) is 52.0 Å². The maximum atomic E-state index is 3.51. The first-order valence-corrected chi connectivity index (χ1v) is 6.67. The molecular weight excluding hydrogens is 194 g/mol. The fourth-order valence-electron chi connectivity index (χ4n) is 1.93. The van der Waals surface area contributed by atoms with E-state index in [2.05, 4.69) is 36.5 Å². The van der Waals surface area contributed by atoms with Gasteiger partial charge in [0.25, 0.3) is 0 Å². The molecule has 0 saturated carbocycles. The summed E-state index contributed by atoms with van der Waals surface area (Å²) < 4.78 is 0. The van der Waals surface area contributed by atoms with E-state index in [1.54, 1.807) is 0 Å². The summed E-state index contributed by atoms with van der Waals surface area (Å²) in [6.45, 7) is 11.4. The summed E-state index contributed by atoms with van der Waals surface area (Å²) in [6.07, 6.45) is 2.61. The van der Waals surface area contributed by atoms with Crippen molar-refractivity contribution in [1.82, 2.24) is 5.32 Å². The van der Waals surface area contributed by atoms with Gasteiger partial charge in [0.05, 0.1) is 0 Å². The molecule has 16 heavy (non-hydrogen) atoms. The second-order valence-electron chi connectivity index (χ2n) is 3.51. The number of benzene rings is 1. The third kappa shape index (κ3) is 4.36. The minimum absolute atomic E-state index is 0.617. The molecule has 1 unspecified atom stereocenters. The van der Waals surface area contributed by atoms with E-state index in [4.69, 9.17) is 0 Å². The molecule has 1 fully saturated rings. The normalized spacial score (nSPS) is 17.9. The summed E-state index contributed by atoms with van der Waals surface area (Å²) in [7, 11) is 0. The molecule has 1 N–H and O–H groups in total. The second-order valence-corrected chi connectivity index (χ2v) is 3.51. The number of hydrogen-bond donors (Lipinski definition) is 1. The molecule has 0 radical (unpaired) electrons. The van der Waals surface area contributed by atoms with Crippen molar-refractivity contribution < 1.29 is 0 Å². The van der Waals surface area contributed by atoms with Gasteiger partial charge in [-0.15, -0.1) is 0 Å². The van der Waals surface area contributed by atoms with Gasteiger partial charge in [-0.3, -0.25) is 0 Å². The number of rotatable bonds is 1. The van der Waals surface area contributed by atoms with E-state index in [-0.39, 0.29) is 0 Å². The van der Waals surface area contributed by atoms with Crippen LogP contribution in [-0.2, 0) is 0 Å². The van der Waals surface area contributed by atoms with Gasteiger partial charge in [0.15, 0.2) is 0 Å². The lowest BCUT2D eigenvalue weighted by molar-refractivity contribution is 0.644. The van der Waals surface area contributed by atoms with Crippen molar-refractivity contribution in [3.63, 3.8) is 0 Å². The van der Waals surface area contributed by atoms with Gasteiger partial charge in [-0.05, 0) is 37.4 Å². The predicted molar refractivity (Wildman–Crippen MR) is 73.9 cm³/mol. The first-order chi connectivity index (χ1) is 7.88. The number of aryl methyl sites for hydroxylation is 1. The van der Waals surface area contributed by atoms with Crippen LogP contribution in [0.25, 0.3) is 0 Å². The third-order valence-electron chi connectivity index (χ3n) is 2.62. The van der Waals surface area contributed by atoms with Crippen molar-refractivity contribution >= 4 is 0 Å². The predicted octanol–water partition coefficient (Wildman–Crippen LogP) is 4.47. The monoisotopic (exact) mass is 221 g/mol. The average Bonchev–Trinajstić information content (AvgIpc) is 2.88. The Morgan fingerprint density at radius 3 is 2.19 bits per heavy atom. The van der Waals surface area contributed by atoms with Gasteiger partial charge in [-0.2, -0.15) is 0 Å². The zero-order valence-corrected chi connectivity index (χ0v) is 11.5. The van der Waals surface area contributed by atoms with Crippen LogP contribution < -0.4 is 5.32 Å². The molecule has 1 heteroatoms. The molecule has 0 aromatic heterocycles. The van der Waals surface area contributed by atoms with Crippen LogP contribution in [0.1, 0.15) is 57.7 Å². The van der Waals surface area contributed by atoms with Crippen LogP contribution in [0.15, 0.2) is 24.3 Å². The van der Waals surface area contributed by atoms with E-state index in [1.165, 1.54) is 30.5 Å². The SMILES string of the molecule is CC.CC.Cc1ccccc1C1CCCN1. The Bertz CT molecular complexity index is 262. The smallest absolute Gasteiger partial charge is 0.0323 e. The highest BCUT2D eigenvalue weighted by molar-refractivity contribution is 5.29. The number of nitrogens with one attached hydrogen (secondary N) is 1. The summed E-state index contributed by atoms with van der Waals surface area (Å²) in [4.78, 5) is 0. The van der Waals surface area contributed by atoms with Crippen LogP contribution in [0.3, 0.4) is 0 Å². The Hall–Kier alpha value is -0.820. The molecule has 0 bridgehead atoms. The summed E-state index contributed by atoms with van der Waals surface area (Å²) in [5, 5.41) is 3.51. The maximum Gasteiger partial charge on any atom is 0.0323 e. The number of hydrogen-bond acceptors (Lipinski definition) is 1. The van der Waals surface area contributed by atoms with Gasteiger partial charge in [0.2, 0.25) is 0 Å². The minimum atomic E-state index is 0.617. The lowest BCUT2D eigenvalue weighted by Gasteiger charge is -2.12. The Balaban J connectivity index is 0.000000509. The molecule has 1 aliphatic rings. The van der Waals surface area contributed by atoms with Crippen LogP contribution in [0.2, 0.25) is 0 Å². The molecule has 1 nitrogen and oxygen atoms in total. The molecule has 1 aliphatic heterocycles. The molecule has 1 atom stereocenters. The summed E-state index contributed by atoms with van der Waals surface area (Å²) in [6, 6.07) is 9.27. The fraction of sp³-hybridized carbons (Fsp3) is 0.600. The highest BCUT2D eigenvalue weighted by Gasteiger charge is 2.16. The van der Waals surface area contributed by atoms with E-state index in [1.807, 2.05) is 27.7 Å². The topological polar surface area (TPSA) is 12.0 Å². The molecule has 1 heterocycles. The van der Waals surface area contributed by atoms with E-state index >= 15 is 0 Å². The van der Waals surface area contributed by atoms with Crippen molar-refractivity contribution in [1.29, 1.82) is 0 Å². The zero-order chi connectivity index (χ0) is 12.4. The Kier molecular flexibility index (Phi) is 8.93. The first kappa shape index (κ1) is 15.2. The molecular formula is C15H27N. The van der Waals surface area contributed by atoms with Gasteiger partial charge in [-0.25, -0.2) is 0 Å². The van der Waals surface area contributed by atoms with Gasteiger partial charge in [0, 0.05) is 6.04 Å². The second kappa shape index (κ2) is 9.41. The largest absolute Gasteiger partial charge is 0.310 e. The van der Waals surface area contributed by atoms with E-state index < -0.39 is 0 Å². The zero-order valence-electron chi connectivity index (χ0n) is 11.5. The molecule has 2 rings (SSSR count). The third-order valence-corrected chi connectivity index (χ3v) is 2.62. The summed E-state index contributed by atoms with van der Waals surface area (Å²) >= 11 is 0. The van der Waals surface area contributed by atoms with E-state index in [9.17, 15) is 0 Å². The quantitative estimate of drug-likeness (QED) is 0.737. The molecule has 0 spiro atoms. The first-order valence-electron chi connectivity index (χ1n) is 6.67. The lowest BCUT2D eigenvalue weighted by Crippen LogP contribution is -2.13. The van der Waals surface area contributed by atoms with Crippen molar-refractivity contribution in [2.75, 3.05) is 6.54 Å². The molecule has 1 saturated heterocycles. The average molecular weight is 221 g/mol. The minimum Gasteiger partial charge on any atom is -0.310 e.